The van der Waals surface area contributed by atoms with Gasteiger partial charge in [-0.05, 0) is 35.7 Å². The van der Waals surface area contributed by atoms with Crippen LogP contribution in [0.4, 0.5) is 5.82 Å². The third kappa shape index (κ3) is 2.96. The molecule has 0 aliphatic rings. The van der Waals surface area contributed by atoms with E-state index in [1.54, 1.807) is 7.11 Å². The standard InChI is InChI=1S/C12H20BrN3O/c1-7(2)9-8(13)10(14-5)16-11(15-9)12(3,4)17-6/h7H,1-6H3,(H,14,15,16). The second-order valence-electron chi connectivity index (χ2n) is 4.71. The zero-order valence-corrected chi connectivity index (χ0v) is 12.8. The minimum atomic E-state index is -0.490. The first kappa shape index (κ1) is 14.4. The van der Waals surface area contributed by atoms with Gasteiger partial charge in [0.15, 0.2) is 5.82 Å². The van der Waals surface area contributed by atoms with Gasteiger partial charge < -0.3 is 10.1 Å². The number of methoxy groups -OCH3 is 1. The molecule has 5 heteroatoms. The predicted molar refractivity (Wildman–Crippen MR) is 73.4 cm³/mol. The largest absolute Gasteiger partial charge is 0.372 e. The Hall–Kier alpha value is -0.680. The van der Waals surface area contributed by atoms with Gasteiger partial charge in [0.25, 0.3) is 0 Å². The second-order valence-corrected chi connectivity index (χ2v) is 5.51. The van der Waals surface area contributed by atoms with E-state index in [2.05, 4.69) is 45.1 Å². The van der Waals surface area contributed by atoms with Gasteiger partial charge in [0, 0.05) is 14.2 Å². The number of anilines is 1. The lowest BCUT2D eigenvalue weighted by molar-refractivity contribution is 0.0113. The third-order valence-electron chi connectivity index (χ3n) is 2.71. The van der Waals surface area contributed by atoms with Crippen LogP contribution < -0.4 is 5.32 Å². The molecular formula is C12H20BrN3O. The van der Waals surface area contributed by atoms with Crippen LogP contribution in [0.1, 0.15) is 45.1 Å². The van der Waals surface area contributed by atoms with E-state index >= 15 is 0 Å². The first-order chi connectivity index (χ1) is 7.83. The van der Waals surface area contributed by atoms with Crippen LogP contribution in [0, 0.1) is 0 Å². The van der Waals surface area contributed by atoms with Crippen molar-refractivity contribution >= 4 is 21.7 Å². The molecule has 1 N–H and O–H groups in total. The highest BCUT2D eigenvalue weighted by Crippen LogP contribution is 2.31. The maximum Gasteiger partial charge on any atom is 0.162 e. The van der Waals surface area contributed by atoms with Crippen LogP contribution in [0.3, 0.4) is 0 Å². The van der Waals surface area contributed by atoms with Crippen molar-refractivity contribution < 1.29 is 4.74 Å². The van der Waals surface area contributed by atoms with E-state index in [0.717, 1.165) is 16.0 Å². The smallest absolute Gasteiger partial charge is 0.162 e. The lowest BCUT2D eigenvalue weighted by Crippen LogP contribution is -2.24. The minimum Gasteiger partial charge on any atom is -0.372 e. The fourth-order valence-electron chi connectivity index (χ4n) is 1.37. The van der Waals surface area contributed by atoms with Crippen LogP contribution in [-0.2, 0) is 10.3 Å². The molecule has 0 bridgehead atoms. The van der Waals surface area contributed by atoms with E-state index in [1.165, 1.54) is 0 Å². The number of hydrogen-bond donors (Lipinski definition) is 1. The molecule has 4 nitrogen and oxygen atoms in total. The van der Waals surface area contributed by atoms with Gasteiger partial charge in [-0.1, -0.05) is 13.8 Å². The van der Waals surface area contributed by atoms with Crippen molar-refractivity contribution in [1.82, 2.24) is 9.97 Å². The van der Waals surface area contributed by atoms with Crippen LogP contribution in [0.5, 0.6) is 0 Å². The first-order valence-electron chi connectivity index (χ1n) is 5.64. The molecule has 0 fully saturated rings. The first-order valence-corrected chi connectivity index (χ1v) is 6.43. The molecule has 0 unspecified atom stereocenters. The highest BCUT2D eigenvalue weighted by Gasteiger charge is 2.26. The fraction of sp³-hybridized carbons (Fsp3) is 0.667. The second kappa shape index (κ2) is 5.31. The zero-order chi connectivity index (χ0) is 13.2. The van der Waals surface area contributed by atoms with Gasteiger partial charge in [-0.15, -0.1) is 0 Å². The topological polar surface area (TPSA) is 47.0 Å². The Morgan fingerprint density at radius 3 is 2.29 bits per heavy atom. The highest BCUT2D eigenvalue weighted by atomic mass is 79.9. The Morgan fingerprint density at radius 1 is 1.29 bits per heavy atom. The molecule has 0 aliphatic carbocycles. The maximum absolute atomic E-state index is 5.43. The summed E-state index contributed by atoms with van der Waals surface area (Å²) < 4.78 is 6.35. The monoisotopic (exact) mass is 301 g/mol. The molecule has 1 aromatic rings. The van der Waals surface area contributed by atoms with E-state index in [-0.39, 0.29) is 0 Å². The molecule has 17 heavy (non-hydrogen) atoms. The third-order valence-corrected chi connectivity index (χ3v) is 3.49. The SMILES string of the molecule is CNc1nc(C(C)(C)OC)nc(C(C)C)c1Br. The quantitative estimate of drug-likeness (QED) is 0.927. The lowest BCUT2D eigenvalue weighted by Gasteiger charge is -2.23. The van der Waals surface area contributed by atoms with Crippen molar-refractivity contribution in [1.29, 1.82) is 0 Å². The molecule has 0 aromatic carbocycles. The Balaban J connectivity index is 3.40. The summed E-state index contributed by atoms with van der Waals surface area (Å²) in [4.78, 5) is 9.08. The van der Waals surface area contributed by atoms with E-state index < -0.39 is 5.60 Å². The summed E-state index contributed by atoms with van der Waals surface area (Å²) >= 11 is 3.54. The predicted octanol–water partition coefficient (Wildman–Crippen LogP) is 3.29. The van der Waals surface area contributed by atoms with Crippen LogP contribution in [-0.4, -0.2) is 24.1 Å². The molecular weight excluding hydrogens is 282 g/mol. The van der Waals surface area contributed by atoms with E-state index in [1.807, 2.05) is 20.9 Å². The Bertz CT molecular complexity index is 405. The van der Waals surface area contributed by atoms with E-state index in [4.69, 9.17) is 4.74 Å². The lowest BCUT2D eigenvalue weighted by atomic mass is 10.1. The van der Waals surface area contributed by atoms with Crippen molar-refractivity contribution in [3.63, 3.8) is 0 Å². The highest BCUT2D eigenvalue weighted by molar-refractivity contribution is 9.10. The normalized spacial score (nSPS) is 12.0. The fourth-order valence-corrected chi connectivity index (χ4v) is 2.21. The van der Waals surface area contributed by atoms with Crippen LogP contribution >= 0.6 is 15.9 Å². The van der Waals surface area contributed by atoms with Gasteiger partial charge in [-0.3, -0.25) is 0 Å². The molecule has 1 rings (SSSR count). The van der Waals surface area contributed by atoms with Crippen molar-refractivity contribution in [2.24, 2.45) is 0 Å². The van der Waals surface area contributed by atoms with Crippen molar-refractivity contribution in [3.8, 4) is 0 Å². The van der Waals surface area contributed by atoms with Crippen LogP contribution in [0.25, 0.3) is 0 Å². The Morgan fingerprint density at radius 2 is 1.88 bits per heavy atom. The maximum atomic E-state index is 5.43. The average molecular weight is 302 g/mol. The van der Waals surface area contributed by atoms with Gasteiger partial charge in [-0.25, -0.2) is 9.97 Å². The summed E-state index contributed by atoms with van der Waals surface area (Å²) in [7, 11) is 3.51. The molecule has 0 amide bonds. The van der Waals surface area contributed by atoms with Gasteiger partial charge in [0.2, 0.25) is 0 Å². The number of nitrogens with one attached hydrogen (secondary N) is 1. The number of hydrogen-bond acceptors (Lipinski definition) is 4. The van der Waals surface area contributed by atoms with E-state index in [9.17, 15) is 0 Å². The number of rotatable bonds is 4. The summed E-state index contributed by atoms with van der Waals surface area (Å²) in [5.74, 6) is 1.81. The van der Waals surface area contributed by atoms with Gasteiger partial charge in [-0.2, -0.15) is 0 Å². The van der Waals surface area contributed by atoms with E-state index in [0.29, 0.717) is 11.7 Å². The van der Waals surface area contributed by atoms with Gasteiger partial charge in [0.1, 0.15) is 11.4 Å². The molecule has 0 saturated carbocycles. The van der Waals surface area contributed by atoms with Crippen molar-refractivity contribution in [3.05, 3.63) is 16.0 Å². The van der Waals surface area contributed by atoms with Crippen molar-refractivity contribution in [2.75, 3.05) is 19.5 Å². The Labute approximate surface area is 111 Å². The van der Waals surface area contributed by atoms with Crippen LogP contribution in [0.15, 0.2) is 4.47 Å². The summed E-state index contributed by atoms with van der Waals surface area (Å²) in [5, 5.41) is 3.07. The Kier molecular flexibility index (Phi) is 4.49. The molecule has 0 aliphatic heterocycles. The molecule has 0 radical (unpaired) electrons. The number of ether oxygens (including phenoxy) is 1. The molecule has 0 atom stereocenters. The van der Waals surface area contributed by atoms with Gasteiger partial charge in [0.05, 0.1) is 10.2 Å². The molecule has 0 spiro atoms. The van der Waals surface area contributed by atoms with Crippen LogP contribution in [0.2, 0.25) is 0 Å². The van der Waals surface area contributed by atoms with Crippen molar-refractivity contribution in [2.45, 2.75) is 39.2 Å². The molecule has 1 heterocycles. The molecule has 96 valence electrons. The number of aromatic nitrogens is 2. The minimum absolute atomic E-state index is 0.325. The zero-order valence-electron chi connectivity index (χ0n) is 11.3. The summed E-state index contributed by atoms with van der Waals surface area (Å²) in [6, 6.07) is 0. The summed E-state index contributed by atoms with van der Waals surface area (Å²) in [6.45, 7) is 8.13. The number of halogens is 1. The average Bonchev–Trinajstić information content (AvgIpc) is 2.28. The van der Waals surface area contributed by atoms with Gasteiger partial charge >= 0.3 is 0 Å². The molecule has 0 saturated heterocycles. The molecule has 1 aromatic heterocycles. The summed E-state index contributed by atoms with van der Waals surface area (Å²) in [5.41, 5.74) is 0.500. The number of nitrogens with zero attached hydrogens (tertiary/aromatic N) is 2. The summed E-state index contributed by atoms with van der Waals surface area (Å²) in [6.07, 6.45) is 0.